The van der Waals surface area contributed by atoms with Crippen molar-refractivity contribution in [2.24, 2.45) is 7.05 Å². The molecule has 1 aromatic rings. The predicted octanol–water partition coefficient (Wildman–Crippen LogP) is 3.61. The molecule has 0 aliphatic heterocycles. The standard InChI is InChI=1S/C12H22BrN3/c1-3-4-5-6-7-8-9-11-14-15-12(10-13)16(11)2/h3-10H2,1-2H3. The first-order valence-corrected chi connectivity index (χ1v) is 7.34. The smallest absolute Gasteiger partial charge is 0.143 e. The molecule has 0 spiro atoms. The number of hydrogen-bond donors (Lipinski definition) is 0. The maximum Gasteiger partial charge on any atom is 0.143 e. The molecule has 0 aromatic carbocycles. The van der Waals surface area contributed by atoms with Gasteiger partial charge in [0.05, 0.1) is 5.33 Å². The number of nitrogens with zero attached hydrogens (tertiary/aromatic N) is 3. The van der Waals surface area contributed by atoms with Crippen molar-refractivity contribution in [3.05, 3.63) is 11.6 Å². The molecular weight excluding hydrogens is 266 g/mol. The Balaban J connectivity index is 2.19. The summed E-state index contributed by atoms with van der Waals surface area (Å²) in [7, 11) is 2.04. The van der Waals surface area contributed by atoms with Gasteiger partial charge in [-0.3, -0.25) is 0 Å². The molecule has 1 aromatic heterocycles. The van der Waals surface area contributed by atoms with Gasteiger partial charge in [0.25, 0.3) is 0 Å². The van der Waals surface area contributed by atoms with E-state index in [1.165, 1.54) is 38.5 Å². The fraction of sp³-hybridized carbons (Fsp3) is 0.833. The van der Waals surface area contributed by atoms with Gasteiger partial charge in [0.15, 0.2) is 0 Å². The summed E-state index contributed by atoms with van der Waals surface area (Å²) in [5.74, 6) is 2.13. The summed E-state index contributed by atoms with van der Waals surface area (Å²) < 4.78 is 2.10. The van der Waals surface area contributed by atoms with Crippen molar-refractivity contribution in [2.45, 2.75) is 57.2 Å². The van der Waals surface area contributed by atoms with E-state index < -0.39 is 0 Å². The van der Waals surface area contributed by atoms with E-state index in [4.69, 9.17) is 0 Å². The van der Waals surface area contributed by atoms with Crippen LogP contribution >= 0.6 is 15.9 Å². The minimum atomic E-state index is 0.785. The maximum absolute atomic E-state index is 4.20. The number of aryl methyl sites for hydroxylation is 1. The first-order valence-electron chi connectivity index (χ1n) is 6.22. The Hall–Kier alpha value is -0.380. The van der Waals surface area contributed by atoms with Gasteiger partial charge in [-0.1, -0.05) is 55.0 Å². The summed E-state index contributed by atoms with van der Waals surface area (Å²) in [6.45, 7) is 2.25. The lowest BCUT2D eigenvalue weighted by Crippen LogP contribution is -2.01. The second-order valence-corrected chi connectivity index (χ2v) is 4.80. The van der Waals surface area contributed by atoms with Gasteiger partial charge in [-0.25, -0.2) is 0 Å². The molecule has 0 unspecified atom stereocenters. The van der Waals surface area contributed by atoms with Gasteiger partial charge in [-0.05, 0) is 6.42 Å². The molecule has 1 rings (SSSR count). The number of halogens is 1. The Labute approximate surface area is 107 Å². The monoisotopic (exact) mass is 287 g/mol. The largest absolute Gasteiger partial charge is 0.317 e. The highest BCUT2D eigenvalue weighted by Gasteiger charge is 2.06. The highest BCUT2D eigenvalue weighted by molar-refractivity contribution is 9.08. The van der Waals surface area contributed by atoms with Crippen molar-refractivity contribution in [1.82, 2.24) is 14.8 Å². The van der Waals surface area contributed by atoms with Crippen molar-refractivity contribution >= 4 is 15.9 Å². The molecule has 3 nitrogen and oxygen atoms in total. The van der Waals surface area contributed by atoms with Crippen LogP contribution in [0.3, 0.4) is 0 Å². The van der Waals surface area contributed by atoms with E-state index in [9.17, 15) is 0 Å². The third-order valence-corrected chi connectivity index (χ3v) is 3.43. The summed E-state index contributed by atoms with van der Waals surface area (Å²) in [4.78, 5) is 0. The van der Waals surface area contributed by atoms with Crippen molar-refractivity contribution < 1.29 is 0 Å². The number of aromatic nitrogens is 3. The van der Waals surface area contributed by atoms with Crippen LogP contribution in [0.5, 0.6) is 0 Å². The van der Waals surface area contributed by atoms with Gasteiger partial charge in [-0.2, -0.15) is 0 Å². The Kier molecular flexibility index (Phi) is 6.69. The summed E-state index contributed by atoms with van der Waals surface area (Å²) in [5, 5.41) is 9.12. The van der Waals surface area contributed by atoms with Gasteiger partial charge in [0, 0.05) is 13.5 Å². The van der Waals surface area contributed by atoms with Crippen LogP contribution in [0.15, 0.2) is 0 Å². The van der Waals surface area contributed by atoms with Gasteiger partial charge >= 0.3 is 0 Å². The minimum absolute atomic E-state index is 0.785. The first kappa shape index (κ1) is 13.7. The van der Waals surface area contributed by atoms with E-state index in [0.29, 0.717) is 0 Å². The zero-order valence-electron chi connectivity index (χ0n) is 10.4. The molecule has 0 aliphatic rings. The van der Waals surface area contributed by atoms with E-state index in [1.807, 2.05) is 7.05 Å². The zero-order valence-corrected chi connectivity index (χ0v) is 12.0. The number of alkyl halides is 1. The van der Waals surface area contributed by atoms with Crippen LogP contribution in [-0.4, -0.2) is 14.8 Å². The van der Waals surface area contributed by atoms with Crippen LogP contribution in [0.2, 0.25) is 0 Å². The molecule has 4 heteroatoms. The lowest BCUT2D eigenvalue weighted by molar-refractivity contribution is 0.594. The molecule has 0 fully saturated rings. The first-order chi connectivity index (χ1) is 7.79. The predicted molar refractivity (Wildman–Crippen MR) is 70.7 cm³/mol. The minimum Gasteiger partial charge on any atom is -0.317 e. The van der Waals surface area contributed by atoms with Crippen molar-refractivity contribution in [2.75, 3.05) is 0 Å². The SMILES string of the molecule is CCCCCCCCc1nnc(CBr)n1C. The molecule has 0 bridgehead atoms. The highest BCUT2D eigenvalue weighted by atomic mass is 79.9. The van der Waals surface area contributed by atoms with Crippen LogP contribution < -0.4 is 0 Å². The molecule has 92 valence electrons. The fourth-order valence-electron chi connectivity index (χ4n) is 1.80. The van der Waals surface area contributed by atoms with Crippen molar-refractivity contribution in [3.8, 4) is 0 Å². The van der Waals surface area contributed by atoms with E-state index >= 15 is 0 Å². The third-order valence-electron chi connectivity index (χ3n) is 2.93. The summed E-state index contributed by atoms with van der Waals surface area (Å²) in [5.41, 5.74) is 0. The molecule has 0 N–H and O–H groups in total. The molecule has 0 saturated carbocycles. The molecule has 0 amide bonds. The third kappa shape index (κ3) is 4.24. The fourth-order valence-corrected chi connectivity index (χ4v) is 2.28. The normalized spacial score (nSPS) is 10.9. The molecule has 1 heterocycles. The van der Waals surface area contributed by atoms with E-state index in [0.717, 1.165) is 23.4 Å². The second-order valence-electron chi connectivity index (χ2n) is 4.24. The average molecular weight is 288 g/mol. The quantitative estimate of drug-likeness (QED) is 0.540. The summed E-state index contributed by atoms with van der Waals surface area (Å²) >= 11 is 3.41. The Bertz CT molecular complexity index is 296. The van der Waals surface area contributed by atoms with Gasteiger partial charge < -0.3 is 4.57 Å². The van der Waals surface area contributed by atoms with Gasteiger partial charge in [0.1, 0.15) is 11.6 Å². The number of unbranched alkanes of at least 4 members (excludes halogenated alkanes) is 5. The van der Waals surface area contributed by atoms with Crippen molar-refractivity contribution in [3.63, 3.8) is 0 Å². The van der Waals surface area contributed by atoms with Crippen LogP contribution in [0.25, 0.3) is 0 Å². The van der Waals surface area contributed by atoms with Crippen LogP contribution in [-0.2, 0) is 18.8 Å². The van der Waals surface area contributed by atoms with Crippen LogP contribution in [0.4, 0.5) is 0 Å². The molecule has 0 radical (unpaired) electrons. The zero-order chi connectivity index (χ0) is 11.8. The number of rotatable bonds is 8. The molecule has 16 heavy (non-hydrogen) atoms. The topological polar surface area (TPSA) is 30.7 Å². The van der Waals surface area contributed by atoms with Crippen molar-refractivity contribution in [1.29, 1.82) is 0 Å². The van der Waals surface area contributed by atoms with E-state index in [-0.39, 0.29) is 0 Å². The van der Waals surface area contributed by atoms with Gasteiger partial charge in [0.2, 0.25) is 0 Å². The second kappa shape index (κ2) is 7.82. The maximum atomic E-state index is 4.20. The van der Waals surface area contributed by atoms with E-state index in [2.05, 4.69) is 37.6 Å². The highest BCUT2D eigenvalue weighted by Crippen LogP contribution is 2.10. The number of hydrogen-bond acceptors (Lipinski definition) is 2. The average Bonchev–Trinajstić information content (AvgIpc) is 2.65. The van der Waals surface area contributed by atoms with E-state index in [1.54, 1.807) is 0 Å². The Morgan fingerprint density at radius 1 is 1.00 bits per heavy atom. The molecule has 0 atom stereocenters. The Morgan fingerprint density at radius 3 is 2.25 bits per heavy atom. The van der Waals surface area contributed by atoms with Crippen LogP contribution in [0.1, 0.15) is 57.1 Å². The lowest BCUT2D eigenvalue weighted by atomic mass is 10.1. The summed E-state index contributed by atoms with van der Waals surface area (Å²) in [6.07, 6.45) is 9.03. The van der Waals surface area contributed by atoms with Gasteiger partial charge in [-0.15, -0.1) is 10.2 Å². The summed E-state index contributed by atoms with van der Waals surface area (Å²) in [6, 6.07) is 0. The Morgan fingerprint density at radius 2 is 1.62 bits per heavy atom. The molecule has 0 aliphatic carbocycles. The lowest BCUT2D eigenvalue weighted by Gasteiger charge is -2.02. The molecule has 0 saturated heterocycles. The molecular formula is C12H22BrN3. The van der Waals surface area contributed by atoms with Crippen LogP contribution in [0, 0.1) is 0 Å².